The molecule has 2 fully saturated rings. The maximum absolute atomic E-state index is 12.9. The van der Waals surface area contributed by atoms with E-state index in [1.807, 2.05) is 0 Å². The number of halogens is 4. The largest absolute Gasteiger partial charge is 0.416 e. The first kappa shape index (κ1) is 18.1. The predicted molar refractivity (Wildman–Crippen MR) is 83.6 cm³/mol. The lowest BCUT2D eigenvalue weighted by atomic mass is 9.87. The molecular formula is C16H20ClF3N2O. The molecule has 0 radical (unpaired) electrons. The van der Waals surface area contributed by atoms with Crippen molar-refractivity contribution in [1.29, 1.82) is 0 Å². The lowest BCUT2D eigenvalue weighted by Gasteiger charge is -2.28. The number of amides is 1. The van der Waals surface area contributed by atoms with Gasteiger partial charge in [-0.3, -0.25) is 4.79 Å². The Morgan fingerprint density at radius 2 is 1.96 bits per heavy atom. The molecule has 3 nitrogen and oxygen atoms in total. The van der Waals surface area contributed by atoms with Gasteiger partial charge in [0.25, 0.3) is 0 Å². The summed E-state index contributed by atoms with van der Waals surface area (Å²) in [6.45, 7) is 0.594. The van der Waals surface area contributed by atoms with Gasteiger partial charge in [-0.15, -0.1) is 12.4 Å². The molecule has 0 bridgehead atoms. The average molecular weight is 349 g/mol. The number of benzene rings is 1. The fraction of sp³-hybridized carbons (Fsp3) is 0.562. The van der Waals surface area contributed by atoms with Crippen molar-refractivity contribution in [2.75, 3.05) is 6.54 Å². The molecule has 3 rings (SSSR count). The lowest BCUT2D eigenvalue weighted by Crippen LogP contribution is -2.46. The molecule has 0 saturated carbocycles. The van der Waals surface area contributed by atoms with Gasteiger partial charge in [-0.05, 0) is 24.5 Å². The molecule has 0 aliphatic carbocycles. The van der Waals surface area contributed by atoms with Crippen molar-refractivity contribution in [2.24, 2.45) is 0 Å². The van der Waals surface area contributed by atoms with Crippen molar-refractivity contribution in [3.8, 4) is 0 Å². The van der Waals surface area contributed by atoms with Crippen molar-refractivity contribution in [3.63, 3.8) is 0 Å². The highest BCUT2D eigenvalue weighted by molar-refractivity contribution is 5.85. The highest BCUT2D eigenvalue weighted by Gasteiger charge is 2.39. The van der Waals surface area contributed by atoms with Gasteiger partial charge in [-0.25, -0.2) is 0 Å². The van der Waals surface area contributed by atoms with Crippen LogP contribution in [0.2, 0.25) is 0 Å². The standard InChI is InChI=1S/C16H19F3N2O.ClH/c17-16(18,19)11-5-3-4-10(8-11)12-9-20-13-6-1-2-7-14(22)21-15(12)13;/h3-5,8,12-13,15,20H,1-2,6-7,9H2,(H,21,22);1H. The maximum atomic E-state index is 12.9. The fourth-order valence-electron chi connectivity index (χ4n) is 3.47. The number of rotatable bonds is 1. The van der Waals surface area contributed by atoms with E-state index in [1.165, 1.54) is 12.1 Å². The Labute approximate surface area is 139 Å². The van der Waals surface area contributed by atoms with Gasteiger partial charge in [0.1, 0.15) is 0 Å². The molecule has 1 aromatic carbocycles. The third kappa shape index (κ3) is 3.98. The number of hydrogen-bond acceptors (Lipinski definition) is 2. The summed E-state index contributed by atoms with van der Waals surface area (Å²) in [7, 11) is 0. The van der Waals surface area contributed by atoms with Gasteiger partial charge in [0, 0.05) is 24.9 Å². The molecule has 0 aromatic heterocycles. The van der Waals surface area contributed by atoms with E-state index >= 15 is 0 Å². The van der Waals surface area contributed by atoms with Crippen molar-refractivity contribution in [1.82, 2.24) is 10.6 Å². The van der Waals surface area contributed by atoms with Gasteiger partial charge < -0.3 is 10.6 Å². The Hall–Kier alpha value is -1.27. The van der Waals surface area contributed by atoms with E-state index in [1.54, 1.807) is 6.07 Å². The van der Waals surface area contributed by atoms with Crippen molar-refractivity contribution in [2.45, 2.75) is 49.9 Å². The molecule has 23 heavy (non-hydrogen) atoms. The molecule has 2 saturated heterocycles. The third-order valence-corrected chi connectivity index (χ3v) is 4.61. The van der Waals surface area contributed by atoms with Crippen LogP contribution in [0.3, 0.4) is 0 Å². The Balaban J connectivity index is 0.00000192. The molecule has 2 aliphatic heterocycles. The first-order valence-corrected chi connectivity index (χ1v) is 7.65. The third-order valence-electron chi connectivity index (χ3n) is 4.61. The van der Waals surface area contributed by atoms with Gasteiger partial charge >= 0.3 is 6.18 Å². The number of fused-ring (bicyclic) bond motifs is 1. The van der Waals surface area contributed by atoms with Crippen LogP contribution in [0.5, 0.6) is 0 Å². The predicted octanol–water partition coefficient (Wildman–Crippen LogP) is 3.24. The number of nitrogens with one attached hydrogen (secondary N) is 2. The summed E-state index contributed by atoms with van der Waals surface area (Å²) in [5.74, 6) is -0.121. The normalized spacial score (nSPS) is 28.1. The molecule has 2 aliphatic rings. The van der Waals surface area contributed by atoms with E-state index in [4.69, 9.17) is 0 Å². The van der Waals surface area contributed by atoms with Crippen LogP contribution in [0.4, 0.5) is 13.2 Å². The molecule has 1 amide bonds. The summed E-state index contributed by atoms with van der Waals surface area (Å²) >= 11 is 0. The van der Waals surface area contributed by atoms with Gasteiger partial charge in [0.05, 0.1) is 11.6 Å². The Morgan fingerprint density at radius 3 is 2.70 bits per heavy atom. The van der Waals surface area contributed by atoms with E-state index in [9.17, 15) is 18.0 Å². The number of carbonyl (C=O) groups is 1. The second-order valence-electron chi connectivity index (χ2n) is 6.08. The van der Waals surface area contributed by atoms with E-state index in [0.717, 1.165) is 25.3 Å². The molecule has 3 atom stereocenters. The minimum Gasteiger partial charge on any atom is -0.351 e. The topological polar surface area (TPSA) is 41.1 Å². The lowest BCUT2D eigenvalue weighted by molar-refractivity contribution is -0.137. The second-order valence-corrected chi connectivity index (χ2v) is 6.08. The Bertz CT molecular complexity index is 565. The van der Waals surface area contributed by atoms with Crippen LogP contribution in [-0.2, 0) is 11.0 Å². The van der Waals surface area contributed by atoms with Crippen molar-refractivity contribution < 1.29 is 18.0 Å². The zero-order chi connectivity index (χ0) is 15.7. The average Bonchev–Trinajstić information content (AvgIpc) is 2.83. The van der Waals surface area contributed by atoms with Crippen LogP contribution in [0, 0.1) is 0 Å². The smallest absolute Gasteiger partial charge is 0.351 e. The monoisotopic (exact) mass is 348 g/mol. The van der Waals surface area contributed by atoms with Crippen molar-refractivity contribution in [3.05, 3.63) is 35.4 Å². The second kappa shape index (κ2) is 7.09. The molecule has 2 heterocycles. The van der Waals surface area contributed by atoms with Crippen LogP contribution in [0.1, 0.15) is 42.7 Å². The number of alkyl halides is 3. The van der Waals surface area contributed by atoms with Gasteiger partial charge in [0.2, 0.25) is 5.91 Å². The Morgan fingerprint density at radius 1 is 1.17 bits per heavy atom. The summed E-state index contributed by atoms with van der Waals surface area (Å²) in [6, 6.07) is 5.46. The van der Waals surface area contributed by atoms with Gasteiger partial charge in [0.15, 0.2) is 0 Å². The van der Waals surface area contributed by atoms with Crippen LogP contribution in [-0.4, -0.2) is 24.5 Å². The van der Waals surface area contributed by atoms with Crippen LogP contribution >= 0.6 is 12.4 Å². The quantitative estimate of drug-likeness (QED) is 0.818. The number of hydrogen-bond donors (Lipinski definition) is 2. The van der Waals surface area contributed by atoms with E-state index in [-0.39, 0.29) is 36.3 Å². The van der Waals surface area contributed by atoms with Crippen LogP contribution < -0.4 is 10.6 Å². The fourth-order valence-corrected chi connectivity index (χ4v) is 3.47. The maximum Gasteiger partial charge on any atom is 0.416 e. The van der Waals surface area contributed by atoms with Crippen LogP contribution in [0.25, 0.3) is 0 Å². The zero-order valence-corrected chi connectivity index (χ0v) is 13.3. The van der Waals surface area contributed by atoms with E-state index < -0.39 is 11.7 Å². The summed E-state index contributed by atoms with van der Waals surface area (Å²) in [5, 5.41) is 6.36. The minimum absolute atomic E-state index is 0. The molecule has 3 unspecified atom stereocenters. The summed E-state index contributed by atoms with van der Waals surface area (Å²) in [5.41, 5.74) is 0.00122. The minimum atomic E-state index is -4.34. The molecule has 2 N–H and O–H groups in total. The van der Waals surface area contributed by atoms with Gasteiger partial charge in [-0.2, -0.15) is 13.2 Å². The van der Waals surface area contributed by atoms with E-state index in [2.05, 4.69) is 10.6 Å². The highest BCUT2D eigenvalue weighted by Crippen LogP contribution is 2.34. The van der Waals surface area contributed by atoms with E-state index in [0.29, 0.717) is 18.5 Å². The summed E-state index contributed by atoms with van der Waals surface area (Å²) in [4.78, 5) is 11.9. The molecular weight excluding hydrogens is 329 g/mol. The first-order valence-electron chi connectivity index (χ1n) is 7.65. The first-order chi connectivity index (χ1) is 10.4. The Kier molecular flexibility index (Phi) is 5.57. The molecule has 1 aromatic rings. The highest BCUT2D eigenvalue weighted by atomic mass is 35.5. The molecule has 0 spiro atoms. The number of carbonyl (C=O) groups excluding carboxylic acids is 1. The van der Waals surface area contributed by atoms with Crippen molar-refractivity contribution >= 4 is 18.3 Å². The zero-order valence-electron chi connectivity index (χ0n) is 12.5. The van der Waals surface area contributed by atoms with Gasteiger partial charge in [-0.1, -0.05) is 24.6 Å². The summed E-state index contributed by atoms with van der Waals surface area (Å²) < 4.78 is 38.6. The molecule has 128 valence electrons. The molecule has 7 heteroatoms. The van der Waals surface area contributed by atoms with Crippen LogP contribution in [0.15, 0.2) is 24.3 Å². The SMILES string of the molecule is Cl.O=C1CCCCC2NCC(c3cccc(C(F)(F)F)c3)C2N1. The summed E-state index contributed by atoms with van der Waals surface area (Å²) in [6.07, 6.45) is -1.06.